The third kappa shape index (κ3) is 3.45. The second-order valence-electron chi connectivity index (χ2n) is 3.77. The smallest absolute Gasteiger partial charge is 0.257 e. The molecule has 1 amide bonds. The van der Waals surface area contributed by atoms with Gasteiger partial charge in [-0.3, -0.25) is 4.79 Å². The van der Waals surface area contributed by atoms with Gasteiger partial charge in [0.25, 0.3) is 5.91 Å². The zero-order valence-corrected chi connectivity index (χ0v) is 12.4. The predicted octanol–water partition coefficient (Wildman–Crippen LogP) is 3.79. The fourth-order valence-electron chi connectivity index (χ4n) is 1.45. The predicted molar refractivity (Wildman–Crippen MR) is 80.9 cm³/mol. The molecule has 1 aromatic heterocycles. The number of rotatable bonds is 3. The lowest BCUT2D eigenvalue weighted by atomic mass is 10.2. The normalized spacial score (nSPS) is 10.1. The van der Waals surface area contributed by atoms with Gasteiger partial charge >= 0.3 is 0 Å². The van der Waals surface area contributed by atoms with Crippen molar-refractivity contribution in [1.29, 1.82) is 0 Å². The largest absolute Gasteiger partial charge is 0.373 e. The Morgan fingerprint density at radius 1 is 1.32 bits per heavy atom. The van der Waals surface area contributed by atoms with Crippen molar-refractivity contribution in [1.82, 2.24) is 4.98 Å². The summed E-state index contributed by atoms with van der Waals surface area (Å²) in [4.78, 5) is 16.1. The number of nitrogens with one attached hydrogen (secondary N) is 2. The molecule has 0 atom stereocenters. The molecule has 0 saturated heterocycles. The van der Waals surface area contributed by atoms with Gasteiger partial charge in [-0.15, -0.1) is 0 Å². The first kappa shape index (κ1) is 13.8. The molecule has 0 unspecified atom stereocenters. The summed E-state index contributed by atoms with van der Waals surface area (Å²) in [5.74, 6) is 0.483. The number of carbonyl (C=O) groups is 1. The maximum absolute atomic E-state index is 12.0. The van der Waals surface area contributed by atoms with E-state index in [0.717, 1.165) is 4.47 Å². The molecule has 0 bridgehead atoms. The molecule has 6 heteroatoms. The number of hydrogen-bond acceptors (Lipinski definition) is 3. The maximum atomic E-state index is 12.0. The molecular weight excluding hydrogens is 330 g/mol. The molecule has 0 aliphatic heterocycles. The summed E-state index contributed by atoms with van der Waals surface area (Å²) in [6.07, 6.45) is 1.52. The summed E-state index contributed by atoms with van der Waals surface area (Å²) in [7, 11) is 1.77. The molecule has 0 radical (unpaired) electrons. The quantitative estimate of drug-likeness (QED) is 0.894. The minimum atomic E-state index is -0.228. The van der Waals surface area contributed by atoms with Crippen molar-refractivity contribution in [2.45, 2.75) is 0 Å². The molecule has 0 aliphatic rings. The monoisotopic (exact) mass is 339 g/mol. The Hall–Kier alpha value is -1.59. The van der Waals surface area contributed by atoms with Crippen LogP contribution in [-0.2, 0) is 0 Å². The zero-order valence-electron chi connectivity index (χ0n) is 10.1. The number of nitrogens with zero attached hydrogens (tertiary/aromatic N) is 1. The van der Waals surface area contributed by atoms with Crippen LogP contribution < -0.4 is 10.6 Å². The third-order valence-corrected chi connectivity index (χ3v) is 3.69. The summed E-state index contributed by atoms with van der Waals surface area (Å²) in [6.45, 7) is 0. The van der Waals surface area contributed by atoms with E-state index in [1.807, 2.05) is 0 Å². The van der Waals surface area contributed by atoms with Gasteiger partial charge in [-0.2, -0.15) is 0 Å². The molecule has 1 heterocycles. The minimum Gasteiger partial charge on any atom is -0.373 e. The van der Waals surface area contributed by atoms with Gasteiger partial charge < -0.3 is 10.6 Å². The van der Waals surface area contributed by atoms with Crippen molar-refractivity contribution in [3.05, 3.63) is 51.6 Å². The molecule has 2 rings (SSSR count). The van der Waals surface area contributed by atoms with E-state index in [2.05, 4.69) is 31.5 Å². The lowest BCUT2D eigenvalue weighted by Crippen LogP contribution is -2.12. The molecule has 0 spiro atoms. The first-order valence-corrected chi connectivity index (χ1v) is 6.67. The van der Waals surface area contributed by atoms with Gasteiger partial charge in [0, 0.05) is 23.4 Å². The molecule has 1 aromatic carbocycles. The number of pyridine rings is 1. The van der Waals surface area contributed by atoms with E-state index >= 15 is 0 Å². The highest BCUT2D eigenvalue weighted by atomic mass is 79.9. The van der Waals surface area contributed by atoms with Crippen molar-refractivity contribution < 1.29 is 4.79 Å². The van der Waals surface area contributed by atoms with Crippen LogP contribution in [0.2, 0.25) is 5.02 Å². The average Bonchev–Trinajstić information content (AvgIpc) is 2.43. The summed E-state index contributed by atoms with van der Waals surface area (Å²) in [5.41, 5.74) is 1.12. The van der Waals surface area contributed by atoms with Crippen LogP contribution in [0.1, 0.15) is 10.4 Å². The SMILES string of the molecule is CNc1ccc(C(=O)Nc2ccc(Br)c(Cl)c2)cn1. The molecule has 4 nitrogen and oxygen atoms in total. The number of aromatic nitrogens is 1. The standard InChI is InChI=1S/C13H11BrClN3O/c1-16-12-5-2-8(7-17-12)13(19)18-9-3-4-10(14)11(15)6-9/h2-7H,1H3,(H,16,17)(H,18,19). The minimum absolute atomic E-state index is 0.228. The van der Waals surface area contributed by atoms with Crippen molar-refractivity contribution in [3.8, 4) is 0 Å². The molecule has 98 valence electrons. The van der Waals surface area contributed by atoms with Crippen LogP contribution >= 0.6 is 27.5 Å². The van der Waals surface area contributed by atoms with Gasteiger partial charge in [0.1, 0.15) is 5.82 Å². The Morgan fingerprint density at radius 3 is 2.68 bits per heavy atom. The fraction of sp³-hybridized carbons (Fsp3) is 0.0769. The summed E-state index contributed by atoms with van der Waals surface area (Å²) < 4.78 is 0.784. The van der Waals surface area contributed by atoms with Gasteiger partial charge in [-0.25, -0.2) is 4.98 Å². The van der Waals surface area contributed by atoms with Crippen molar-refractivity contribution in [3.63, 3.8) is 0 Å². The molecule has 2 aromatic rings. The second-order valence-corrected chi connectivity index (χ2v) is 5.03. The molecule has 0 saturated carbocycles. The van der Waals surface area contributed by atoms with Crippen molar-refractivity contribution >= 4 is 44.9 Å². The van der Waals surface area contributed by atoms with Gasteiger partial charge in [0.15, 0.2) is 0 Å². The van der Waals surface area contributed by atoms with Gasteiger partial charge in [0.2, 0.25) is 0 Å². The Kier molecular flexibility index (Phi) is 4.39. The lowest BCUT2D eigenvalue weighted by Gasteiger charge is -2.07. The highest BCUT2D eigenvalue weighted by molar-refractivity contribution is 9.10. The van der Waals surface area contributed by atoms with Crippen LogP contribution in [0, 0.1) is 0 Å². The molecule has 0 fully saturated rings. The number of carbonyl (C=O) groups excluding carboxylic acids is 1. The number of halogens is 2. The maximum Gasteiger partial charge on any atom is 0.257 e. The Labute approximate surface area is 124 Å². The van der Waals surface area contributed by atoms with E-state index in [4.69, 9.17) is 11.6 Å². The Bertz CT molecular complexity index is 601. The summed E-state index contributed by atoms with van der Waals surface area (Å²) in [6, 6.07) is 8.67. The fourth-order valence-corrected chi connectivity index (χ4v) is 1.88. The summed E-state index contributed by atoms with van der Waals surface area (Å²) in [5, 5.41) is 6.19. The van der Waals surface area contributed by atoms with Crippen LogP contribution in [0.3, 0.4) is 0 Å². The number of benzene rings is 1. The van der Waals surface area contributed by atoms with Crippen LogP contribution in [0.4, 0.5) is 11.5 Å². The van der Waals surface area contributed by atoms with E-state index in [-0.39, 0.29) is 5.91 Å². The van der Waals surface area contributed by atoms with Crippen molar-refractivity contribution in [2.75, 3.05) is 17.7 Å². The third-order valence-electron chi connectivity index (χ3n) is 2.46. The molecular formula is C13H11BrClN3O. The topological polar surface area (TPSA) is 54.0 Å². The van der Waals surface area contributed by atoms with E-state index in [1.54, 1.807) is 37.4 Å². The highest BCUT2D eigenvalue weighted by Crippen LogP contribution is 2.25. The van der Waals surface area contributed by atoms with Gasteiger partial charge in [-0.05, 0) is 46.3 Å². The van der Waals surface area contributed by atoms with Gasteiger partial charge in [-0.1, -0.05) is 11.6 Å². The lowest BCUT2D eigenvalue weighted by molar-refractivity contribution is 0.102. The van der Waals surface area contributed by atoms with E-state index in [0.29, 0.717) is 22.1 Å². The number of anilines is 2. The van der Waals surface area contributed by atoms with Crippen molar-refractivity contribution in [2.24, 2.45) is 0 Å². The first-order chi connectivity index (χ1) is 9.10. The van der Waals surface area contributed by atoms with E-state index in [1.165, 1.54) is 6.20 Å². The van der Waals surface area contributed by atoms with Crippen LogP contribution in [-0.4, -0.2) is 17.9 Å². The Morgan fingerprint density at radius 2 is 2.11 bits per heavy atom. The Balaban J connectivity index is 2.13. The molecule has 19 heavy (non-hydrogen) atoms. The van der Waals surface area contributed by atoms with E-state index < -0.39 is 0 Å². The van der Waals surface area contributed by atoms with Crippen LogP contribution in [0.25, 0.3) is 0 Å². The zero-order chi connectivity index (χ0) is 13.8. The summed E-state index contributed by atoms with van der Waals surface area (Å²) >= 11 is 9.26. The molecule has 2 N–H and O–H groups in total. The molecule has 0 aliphatic carbocycles. The number of amides is 1. The van der Waals surface area contributed by atoms with Crippen LogP contribution in [0.15, 0.2) is 41.0 Å². The van der Waals surface area contributed by atoms with Crippen LogP contribution in [0.5, 0.6) is 0 Å². The second kappa shape index (κ2) is 6.04. The first-order valence-electron chi connectivity index (χ1n) is 5.50. The average molecular weight is 341 g/mol. The number of hydrogen-bond donors (Lipinski definition) is 2. The van der Waals surface area contributed by atoms with E-state index in [9.17, 15) is 4.79 Å². The van der Waals surface area contributed by atoms with Gasteiger partial charge in [0.05, 0.1) is 10.6 Å². The highest BCUT2D eigenvalue weighted by Gasteiger charge is 2.07.